The number of aromatic nitrogens is 2. The highest BCUT2D eigenvalue weighted by atomic mass is 19.4. The quantitative estimate of drug-likeness (QED) is 0.687. The fourth-order valence-corrected chi connectivity index (χ4v) is 3.63. The molecule has 2 heterocycles. The molecule has 0 N–H and O–H groups in total. The third-order valence-corrected chi connectivity index (χ3v) is 5.27. The second kappa shape index (κ2) is 8.89. The molecule has 9 heteroatoms. The van der Waals surface area contributed by atoms with Gasteiger partial charge in [-0.15, -0.1) is 0 Å². The van der Waals surface area contributed by atoms with Crippen LogP contribution in [0.25, 0.3) is 0 Å². The number of aryl methyl sites for hydroxylation is 1. The Morgan fingerprint density at radius 2 is 1.90 bits per heavy atom. The van der Waals surface area contributed by atoms with Gasteiger partial charge in [0.25, 0.3) is 0 Å². The molecule has 1 saturated heterocycles. The summed E-state index contributed by atoms with van der Waals surface area (Å²) in [6.45, 7) is 4.34. The van der Waals surface area contributed by atoms with Crippen LogP contribution in [0.5, 0.6) is 0 Å². The average Bonchev–Trinajstić information content (AvgIpc) is 3.09. The molecule has 3 rings (SSSR count). The van der Waals surface area contributed by atoms with Crippen molar-refractivity contribution in [1.29, 1.82) is 0 Å². The average molecular weight is 423 g/mol. The van der Waals surface area contributed by atoms with Crippen LogP contribution in [0.2, 0.25) is 0 Å². The van der Waals surface area contributed by atoms with Crippen LogP contribution in [-0.4, -0.2) is 46.3 Å². The maximum absolute atomic E-state index is 12.8. The minimum atomic E-state index is -4.53. The normalized spacial score (nSPS) is 15.3. The molecule has 0 bridgehead atoms. The molecule has 0 radical (unpaired) electrons. The summed E-state index contributed by atoms with van der Waals surface area (Å²) < 4.78 is 44.5. The molecule has 0 saturated carbocycles. The van der Waals surface area contributed by atoms with Gasteiger partial charge in [-0.3, -0.25) is 9.48 Å². The highest BCUT2D eigenvalue weighted by molar-refractivity contribution is 5.89. The zero-order chi connectivity index (χ0) is 21.9. The number of nitrogens with zero attached hydrogens (tertiary/aromatic N) is 3. The SMILES string of the molecule is CCOC(=O)c1cccc(C2CCN(C(=O)Cn3nc(C(F)(F)F)cc3C)CC2)c1. The van der Waals surface area contributed by atoms with Crippen molar-refractivity contribution in [2.75, 3.05) is 19.7 Å². The highest BCUT2D eigenvalue weighted by Gasteiger charge is 2.35. The summed E-state index contributed by atoms with van der Waals surface area (Å²) in [6, 6.07) is 8.25. The van der Waals surface area contributed by atoms with E-state index in [-0.39, 0.29) is 24.3 Å². The minimum absolute atomic E-state index is 0.201. The zero-order valence-electron chi connectivity index (χ0n) is 16.9. The lowest BCUT2D eigenvalue weighted by Crippen LogP contribution is -2.40. The summed E-state index contributed by atoms with van der Waals surface area (Å²) in [6.07, 6.45) is -3.11. The van der Waals surface area contributed by atoms with E-state index in [0.29, 0.717) is 43.8 Å². The Kier molecular flexibility index (Phi) is 6.48. The molecule has 0 aliphatic carbocycles. The Morgan fingerprint density at radius 1 is 1.20 bits per heavy atom. The number of hydrogen-bond acceptors (Lipinski definition) is 4. The van der Waals surface area contributed by atoms with Crippen LogP contribution in [0.3, 0.4) is 0 Å². The van der Waals surface area contributed by atoms with E-state index in [1.54, 1.807) is 17.9 Å². The van der Waals surface area contributed by atoms with E-state index in [0.717, 1.165) is 16.3 Å². The third kappa shape index (κ3) is 5.01. The number of ether oxygens (including phenoxy) is 1. The zero-order valence-corrected chi connectivity index (χ0v) is 16.9. The van der Waals surface area contributed by atoms with E-state index < -0.39 is 11.9 Å². The Balaban J connectivity index is 1.59. The molecule has 1 aliphatic heterocycles. The molecule has 1 fully saturated rings. The summed E-state index contributed by atoms with van der Waals surface area (Å²) >= 11 is 0. The second-order valence-corrected chi connectivity index (χ2v) is 7.33. The number of halogens is 3. The van der Waals surface area contributed by atoms with Gasteiger partial charge in [-0.25, -0.2) is 4.79 Å². The summed E-state index contributed by atoms with van der Waals surface area (Å²) in [4.78, 5) is 26.1. The maximum Gasteiger partial charge on any atom is 0.435 e. The molecule has 0 unspecified atom stereocenters. The topological polar surface area (TPSA) is 64.4 Å². The lowest BCUT2D eigenvalue weighted by Gasteiger charge is -2.32. The van der Waals surface area contributed by atoms with Crippen LogP contribution in [0.15, 0.2) is 30.3 Å². The van der Waals surface area contributed by atoms with Crippen LogP contribution >= 0.6 is 0 Å². The highest BCUT2D eigenvalue weighted by Crippen LogP contribution is 2.30. The summed E-state index contributed by atoms with van der Waals surface area (Å²) in [5.74, 6) is -0.417. The molecular weight excluding hydrogens is 399 g/mol. The molecule has 6 nitrogen and oxygen atoms in total. The van der Waals surface area contributed by atoms with Gasteiger partial charge in [-0.2, -0.15) is 18.3 Å². The fourth-order valence-electron chi connectivity index (χ4n) is 3.63. The molecular formula is C21H24F3N3O3. The molecule has 0 atom stereocenters. The number of hydrogen-bond donors (Lipinski definition) is 0. The van der Waals surface area contributed by atoms with Crippen molar-refractivity contribution >= 4 is 11.9 Å². The number of benzene rings is 1. The van der Waals surface area contributed by atoms with E-state index >= 15 is 0 Å². The molecule has 30 heavy (non-hydrogen) atoms. The first-order chi connectivity index (χ1) is 14.2. The third-order valence-electron chi connectivity index (χ3n) is 5.27. The minimum Gasteiger partial charge on any atom is -0.462 e. The number of amides is 1. The van der Waals surface area contributed by atoms with Gasteiger partial charge in [-0.1, -0.05) is 12.1 Å². The number of esters is 1. The van der Waals surface area contributed by atoms with Gasteiger partial charge in [-0.05, 0) is 56.4 Å². The first-order valence-corrected chi connectivity index (χ1v) is 9.85. The number of carbonyl (C=O) groups excluding carboxylic acids is 2. The van der Waals surface area contributed by atoms with Crippen molar-refractivity contribution < 1.29 is 27.5 Å². The summed E-state index contributed by atoms with van der Waals surface area (Å²) in [5.41, 5.74) is 0.821. The molecule has 1 aromatic carbocycles. The van der Waals surface area contributed by atoms with Crippen molar-refractivity contribution in [3.8, 4) is 0 Å². The Hall–Kier alpha value is -2.84. The predicted octanol–water partition coefficient (Wildman–Crippen LogP) is 3.79. The van der Waals surface area contributed by atoms with Gasteiger partial charge in [0.15, 0.2) is 5.69 Å². The largest absolute Gasteiger partial charge is 0.462 e. The lowest BCUT2D eigenvalue weighted by atomic mass is 9.88. The lowest BCUT2D eigenvalue weighted by molar-refractivity contribution is -0.142. The van der Waals surface area contributed by atoms with E-state index in [9.17, 15) is 22.8 Å². The van der Waals surface area contributed by atoms with E-state index in [1.165, 1.54) is 6.92 Å². The van der Waals surface area contributed by atoms with Crippen molar-refractivity contribution in [3.63, 3.8) is 0 Å². The van der Waals surface area contributed by atoms with E-state index in [1.807, 2.05) is 18.2 Å². The molecule has 1 aromatic heterocycles. The van der Waals surface area contributed by atoms with E-state index in [2.05, 4.69) is 5.10 Å². The van der Waals surface area contributed by atoms with Crippen LogP contribution in [0, 0.1) is 6.92 Å². The molecule has 1 amide bonds. The number of piperidine rings is 1. The fraction of sp³-hybridized carbons (Fsp3) is 0.476. The number of carbonyl (C=O) groups is 2. The van der Waals surface area contributed by atoms with Crippen molar-refractivity contribution in [2.45, 2.75) is 45.3 Å². The molecule has 162 valence electrons. The second-order valence-electron chi connectivity index (χ2n) is 7.33. The van der Waals surface area contributed by atoms with Gasteiger partial charge >= 0.3 is 12.1 Å². The van der Waals surface area contributed by atoms with E-state index in [4.69, 9.17) is 4.74 Å². The summed E-state index contributed by atoms with van der Waals surface area (Å²) in [7, 11) is 0. The predicted molar refractivity (Wildman–Crippen MR) is 103 cm³/mol. The first kappa shape index (κ1) is 21.9. The number of rotatable bonds is 5. The number of alkyl halides is 3. The van der Waals surface area contributed by atoms with Crippen LogP contribution < -0.4 is 0 Å². The Morgan fingerprint density at radius 3 is 2.50 bits per heavy atom. The Labute approximate surface area is 172 Å². The summed E-state index contributed by atoms with van der Waals surface area (Å²) in [5, 5.41) is 3.52. The molecule has 1 aliphatic rings. The van der Waals surface area contributed by atoms with Crippen LogP contribution in [0.1, 0.15) is 53.0 Å². The number of likely N-dealkylation sites (tertiary alicyclic amines) is 1. The molecule has 0 spiro atoms. The monoisotopic (exact) mass is 423 g/mol. The smallest absolute Gasteiger partial charge is 0.435 e. The maximum atomic E-state index is 12.8. The van der Waals surface area contributed by atoms with Crippen molar-refractivity contribution in [2.24, 2.45) is 0 Å². The molecule has 2 aromatic rings. The standard InChI is InChI=1S/C21H24F3N3O3/c1-3-30-20(29)17-6-4-5-16(12-17)15-7-9-26(10-8-15)19(28)13-27-14(2)11-18(25-27)21(22,23)24/h4-6,11-12,15H,3,7-10,13H2,1-2H3. The van der Waals surface area contributed by atoms with Crippen LogP contribution in [-0.2, 0) is 22.3 Å². The van der Waals surface area contributed by atoms with Crippen LogP contribution in [0.4, 0.5) is 13.2 Å². The van der Waals surface area contributed by atoms with Crippen molar-refractivity contribution in [3.05, 3.63) is 52.8 Å². The first-order valence-electron chi connectivity index (χ1n) is 9.85. The van der Waals surface area contributed by atoms with Crippen molar-refractivity contribution in [1.82, 2.24) is 14.7 Å². The van der Waals surface area contributed by atoms with Gasteiger partial charge in [0.2, 0.25) is 5.91 Å². The van der Waals surface area contributed by atoms with Gasteiger partial charge in [0.1, 0.15) is 6.54 Å². The van der Waals surface area contributed by atoms with Gasteiger partial charge < -0.3 is 9.64 Å². The van der Waals surface area contributed by atoms with Gasteiger partial charge in [0.05, 0.1) is 12.2 Å². The van der Waals surface area contributed by atoms with Gasteiger partial charge in [0, 0.05) is 18.8 Å². The Bertz CT molecular complexity index is 916.